The summed E-state index contributed by atoms with van der Waals surface area (Å²) in [5.41, 5.74) is 0.836. The average Bonchev–Trinajstić information content (AvgIpc) is 2.80. The number of nitrogens with zero attached hydrogens (tertiary/aromatic N) is 2. The third kappa shape index (κ3) is 8.65. The highest BCUT2D eigenvalue weighted by Crippen LogP contribution is 2.22. The van der Waals surface area contributed by atoms with Crippen LogP contribution in [0.5, 0.6) is 0 Å². The van der Waals surface area contributed by atoms with Gasteiger partial charge in [-0.15, -0.1) is 0 Å². The second-order valence-corrected chi connectivity index (χ2v) is 10.9. The molecule has 0 saturated heterocycles. The smallest absolute Gasteiger partial charge is 0.242 e. The van der Waals surface area contributed by atoms with Crippen molar-refractivity contribution in [2.75, 3.05) is 23.7 Å². The summed E-state index contributed by atoms with van der Waals surface area (Å²) in [5, 5.41) is 2.91. The van der Waals surface area contributed by atoms with Crippen molar-refractivity contribution in [2.45, 2.75) is 52.6 Å². The SMILES string of the molecule is CCC(C(=O)NCC(C)C)N(Cc1ccccc1)C(=O)CCCN(c1ccccc1F)S(C)(=O)=O. The summed E-state index contributed by atoms with van der Waals surface area (Å²) in [7, 11) is -3.75. The number of benzene rings is 2. The third-order valence-corrected chi connectivity index (χ3v) is 6.72. The summed E-state index contributed by atoms with van der Waals surface area (Å²) in [6, 6.07) is 14.4. The van der Waals surface area contributed by atoms with Crippen molar-refractivity contribution in [3.8, 4) is 0 Å². The van der Waals surface area contributed by atoms with Gasteiger partial charge in [0, 0.05) is 26.1 Å². The maximum Gasteiger partial charge on any atom is 0.242 e. The first-order valence-electron chi connectivity index (χ1n) is 11.9. The standard InChI is InChI=1S/C26H36FN3O4S/c1-5-23(26(32)28-18-20(2)3)29(19-21-12-7-6-8-13-21)25(31)16-11-17-30(35(4,33)34)24-15-10-9-14-22(24)27/h6-10,12-15,20,23H,5,11,16-19H2,1-4H3,(H,28,32). The van der Waals surface area contributed by atoms with Crippen molar-refractivity contribution in [2.24, 2.45) is 5.92 Å². The number of rotatable bonds is 13. The minimum atomic E-state index is -3.75. The van der Waals surface area contributed by atoms with Gasteiger partial charge in [0.15, 0.2) is 0 Å². The lowest BCUT2D eigenvalue weighted by molar-refractivity contribution is -0.141. The zero-order valence-electron chi connectivity index (χ0n) is 20.9. The Kier molecular flexibility index (Phi) is 10.7. The van der Waals surface area contributed by atoms with E-state index in [0.717, 1.165) is 16.1 Å². The largest absolute Gasteiger partial charge is 0.354 e. The number of amides is 2. The minimum absolute atomic E-state index is 0.0151. The number of para-hydroxylation sites is 1. The Morgan fingerprint density at radius 3 is 2.23 bits per heavy atom. The molecule has 1 unspecified atom stereocenters. The van der Waals surface area contributed by atoms with Crippen molar-refractivity contribution in [3.63, 3.8) is 0 Å². The second-order valence-electron chi connectivity index (χ2n) is 8.96. The molecule has 2 amide bonds. The molecule has 192 valence electrons. The van der Waals surface area contributed by atoms with Crippen molar-refractivity contribution >= 4 is 27.5 Å². The van der Waals surface area contributed by atoms with Crippen LogP contribution in [0.15, 0.2) is 54.6 Å². The Morgan fingerprint density at radius 1 is 1.03 bits per heavy atom. The summed E-state index contributed by atoms with van der Waals surface area (Å²) in [5.74, 6) is -0.852. The Morgan fingerprint density at radius 2 is 1.66 bits per heavy atom. The molecule has 0 aromatic heterocycles. The molecule has 0 aliphatic heterocycles. The van der Waals surface area contributed by atoms with Crippen molar-refractivity contribution in [1.82, 2.24) is 10.2 Å². The van der Waals surface area contributed by atoms with Gasteiger partial charge in [0.05, 0.1) is 11.9 Å². The van der Waals surface area contributed by atoms with Crippen LogP contribution in [0.25, 0.3) is 0 Å². The lowest BCUT2D eigenvalue weighted by atomic mass is 10.1. The maximum absolute atomic E-state index is 14.3. The first-order valence-corrected chi connectivity index (χ1v) is 13.7. The number of carbonyl (C=O) groups is 2. The van der Waals surface area contributed by atoms with Crippen molar-refractivity contribution in [3.05, 3.63) is 66.0 Å². The molecule has 0 bridgehead atoms. The highest BCUT2D eigenvalue weighted by Gasteiger charge is 2.29. The summed E-state index contributed by atoms with van der Waals surface area (Å²) >= 11 is 0. The lowest BCUT2D eigenvalue weighted by Crippen LogP contribution is -2.49. The number of nitrogens with one attached hydrogen (secondary N) is 1. The molecule has 7 nitrogen and oxygen atoms in total. The number of hydrogen-bond acceptors (Lipinski definition) is 4. The summed E-state index contributed by atoms with van der Waals surface area (Å²) in [4.78, 5) is 27.8. The van der Waals surface area contributed by atoms with Crippen LogP contribution in [-0.2, 0) is 26.2 Å². The van der Waals surface area contributed by atoms with E-state index >= 15 is 0 Å². The minimum Gasteiger partial charge on any atom is -0.354 e. The molecule has 35 heavy (non-hydrogen) atoms. The summed E-state index contributed by atoms with van der Waals surface area (Å²) < 4.78 is 39.9. The molecule has 1 N–H and O–H groups in total. The second kappa shape index (κ2) is 13.2. The van der Waals surface area contributed by atoms with E-state index in [-0.39, 0.29) is 49.4 Å². The molecule has 9 heteroatoms. The van der Waals surface area contributed by atoms with E-state index in [1.807, 2.05) is 51.1 Å². The molecular formula is C26H36FN3O4S. The van der Waals surface area contributed by atoms with Gasteiger partial charge in [-0.2, -0.15) is 0 Å². The predicted octanol–water partition coefficient (Wildman–Crippen LogP) is 3.95. The fourth-order valence-electron chi connectivity index (χ4n) is 3.76. The van der Waals surface area contributed by atoms with Crippen molar-refractivity contribution < 1.29 is 22.4 Å². The van der Waals surface area contributed by atoms with Gasteiger partial charge in [0.25, 0.3) is 0 Å². The van der Waals surface area contributed by atoms with Gasteiger partial charge < -0.3 is 10.2 Å². The Labute approximate surface area is 208 Å². The van der Waals surface area contributed by atoms with E-state index in [0.29, 0.717) is 13.0 Å². The average molecular weight is 506 g/mol. The first kappa shape index (κ1) is 28.3. The Hall–Kier alpha value is -2.94. The molecular weight excluding hydrogens is 469 g/mol. The first-order chi connectivity index (χ1) is 16.5. The fraction of sp³-hybridized carbons (Fsp3) is 0.462. The van der Waals surface area contributed by atoms with Crippen LogP contribution < -0.4 is 9.62 Å². The highest BCUT2D eigenvalue weighted by atomic mass is 32.2. The number of anilines is 1. The molecule has 0 spiro atoms. The monoisotopic (exact) mass is 505 g/mol. The van der Waals surface area contributed by atoms with Crippen LogP contribution in [0, 0.1) is 11.7 Å². The molecule has 2 aromatic rings. The van der Waals surface area contributed by atoms with Crippen LogP contribution >= 0.6 is 0 Å². The number of halogens is 1. The van der Waals surface area contributed by atoms with Crippen LogP contribution in [0.4, 0.5) is 10.1 Å². The zero-order chi connectivity index (χ0) is 26.0. The molecule has 2 rings (SSSR count). The number of carbonyl (C=O) groups excluding carboxylic acids is 2. The van der Waals surface area contributed by atoms with E-state index < -0.39 is 21.9 Å². The molecule has 0 radical (unpaired) electrons. The van der Waals surface area contributed by atoms with E-state index in [9.17, 15) is 22.4 Å². The molecule has 0 heterocycles. The fourth-order valence-corrected chi connectivity index (χ4v) is 4.72. The molecule has 0 aliphatic carbocycles. The molecule has 0 aliphatic rings. The lowest BCUT2D eigenvalue weighted by Gasteiger charge is -2.31. The normalized spacial score (nSPS) is 12.3. The number of hydrogen-bond donors (Lipinski definition) is 1. The highest BCUT2D eigenvalue weighted by molar-refractivity contribution is 7.92. The van der Waals surface area contributed by atoms with Gasteiger partial charge in [-0.3, -0.25) is 13.9 Å². The molecule has 1 atom stereocenters. The van der Waals surface area contributed by atoms with Crippen LogP contribution in [0.2, 0.25) is 0 Å². The van der Waals surface area contributed by atoms with Gasteiger partial charge in [-0.05, 0) is 36.5 Å². The van der Waals surface area contributed by atoms with E-state index in [4.69, 9.17) is 0 Å². The summed E-state index contributed by atoms with van der Waals surface area (Å²) in [6.07, 6.45) is 1.64. The van der Waals surface area contributed by atoms with Crippen LogP contribution in [0.1, 0.15) is 45.6 Å². The van der Waals surface area contributed by atoms with Crippen LogP contribution in [-0.4, -0.2) is 50.5 Å². The van der Waals surface area contributed by atoms with E-state index in [2.05, 4.69) is 5.32 Å². The van der Waals surface area contributed by atoms with Gasteiger partial charge in [-0.1, -0.05) is 63.2 Å². The Balaban J connectivity index is 2.19. The Bertz CT molecular complexity index is 1080. The van der Waals surface area contributed by atoms with Gasteiger partial charge in [0.2, 0.25) is 21.8 Å². The van der Waals surface area contributed by atoms with E-state index in [1.165, 1.54) is 18.2 Å². The van der Waals surface area contributed by atoms with Gasteiger partial charge in [-0.25, -0.2) is 12.8 Å². The van der Waals surface area contributed by atoms with Gasteiger partial charge in [0.1, 0.15) is 11.9 Å². The number of sulfonamides is 1. The molecule has 0 fully saturated rings. The van der Waals surface area contributed by atoms with E-state index in [1.54, 1.807) is 11.0 Å². The zero-order valence-corrected chi connectivity index (χ0v) is 21.7. The summed E-state index contributed by atoms with van der Waals surface area (Å²) in [6.45, 7) is 6.56. The molecule has 2 aromatic carbocycles. The van der Waals surface area contributed by atoms with Crippen LogP contribution in [0.3, 0.4) is 0 Å². The maximum atomic E-state index is 14.3. The third-order valence-electron chi connectivity index (χ3n) is 5.54. The molecule has 0 saturated carbocycles. The van der Waals surface area contributed by atoms with Crippen molar-refractivity contribution in [1.29, 1.82) is 0 Å². The quantitative estimate of drug-likeness (QED) is 0.447. The van der Waals surface area contributed by atoms with Gasteiger partial charge >= 0.3 is 0 Å². The topological polar surface area (TPSA) is 86.8 Å². The predicted molar refractivity (Wildman–Crippen MR) is 137 cm³/mol.